The lowest BCUT2D eigenvalue weighted by Crippen LogP contribution is -2.33. The number of para-hydroxylation sites is 2. The summed E-state index contributed by atoms with van der Waals surface area (Å²) in [4.78, 5) is 41.5. The summed E-state index contributed by atoms with van der Waals surface area (Å²) in [5.41, 5.74) is -0.325. The third-order valence-electron chi connectivity index (χ3n) is 4.79. The summed E-state index contributed by atoms with van der Waals surface area (Å²) in [6.45, 7) is -0.532. The Bertz CT molecular complexity index is 1190. The lowest BCUT2D eigenvalue weighted by atomic mass is 10.0. The Morgan fingerprint density at radius 3 is 2.56 bits per heavy atom. The molecule has 7 nitrogen and oxygen atoms in total. The Kier molecular flexibility index (Phi) is 5.51. The minimum atomic E-state index is -4.61. The summed E-state index contributed by atoms with van der Waals surface area (Å²) in [5, 5.41) is 11.5. The average Bonchev–Trinajstić information content (AvgIpc) is 3.19. The van der Waals surface area contributed by atoms with E-state index in [4.69, 9.17) is 5.11 Å². The van der Waals surface area contributed by atoms with Crippen molar-refractivity contribution in [1.29, 1.82) is 0 Å². The second-order valence-corrected chi connectivity index (χ2v) is 7.90. The zero-order valence-electron chi connectivity index (χ0n) is 16.1. The van der Waals surface area contributed by atoms with E-state index in [9.17, 15) is 27.6 Å². The molecule has 11 heteroatoms. The van der Waals surface area contributed by atoms with Gasteiger partial charge in [-0.25, -0.2) is 4.99 Å². The van der Waals surface area contributed by atoms with E-state index in [1.165, 1.54) is 24.3 Å². The molecular weight excluding hydrogens is 447 g/mol. The molecular formula is C21H14F3N3O4S. The predicted molar refractivity (Wildman–Crippen MR) is 112 cm³/mol. The summed E-state index contributed by atoms with van der Waals surface area (Å²) in [6.07, 6.45) is -3.23. The molecule has 1 fully saturated rings. The van der Waals surface area contributed by atoms with Crippen LogP contribution in [-0.4, -0.2) is 34.6 Å². The van der Waals surface area contributed by atoms with Gasteiger partial charge < -0.3 is 15.3 Å². The minimum Gasteiger partial charge on any atom is -0.480 e. The third-order valence-corrected chi connectivity index (χ3v) is 5.72. The molecule has 4 rings (SSSR count). The number of rotatable bonds is 4. The number of fused-ring (bicyclic) bond motifs is 1. The number of nitrogens with zero attached hydrogens (tertiary/aromatic N) is 2. The van der Waals surface area contributed by atoms with Gasteiger partial charge in [-0.1, -0.05) is 30.3 Å². The molecule has 164 valence electrons. The molecule has 0 spiro atoms. The Morgan fingerprint density at radius 2 is 1.84 bits per heavy atom. The molecule has 0 aliphatic carbocycles. The number of amidine groups is 1. The SMILES string of the molecule is O=C(O)CN1C(=O)[C@@H](/C=C2\SC(=Nc3ccccc3C(F)(F)F)NC2=O)c2ccccc21. The zero-order chi connectivity index (χ0) is 23.0. The van der Waals surface area contributed by atoms with Gasteiger partial charge in [0.15, 0.2) is 5.17 Å². The van der Waals surface area contributed by atoms with Crippen LogP contribution in [0.3, 0.4) is 0 Å². The molecule has 2 aromatic rings. The minimum absolute atomic E-state index is 0.0564. The number of nitrogens with one attached hydrogen (secondary N) is 1. The van der Waals surface area contributed by atoms with Gasteiger partial charge in [0.05, 0.1) is 22.1 Å². The second-order valence-electron chi connectivity index (χ2n) is 6.87. The van der Waals surface area contributed by atoms with Crippen LogP contribution in [0.2, 0.25) is 0 Å². The van der Waals surface area contributed by atoms with E-state index in [1.807, 2.05) is 0 Å². The molecule has 0 saturated carbocycles. The lowest BCUT2D eigenvalue weighted by molar-refractivity contribution is -0.137. The summed E-state index contributed by atoms with van der Waals surface area (Å²) in [7, 11) is 0. The molecule has 2 N–H and O–H groups in total. The normalized spacial score (nSPS) is 20.7. The number of halogens is 3. The lowest BCUT2D eigenvalue weighted by Gasteiger charge is -2.14. The van der Waals surface area contributed by atoms with Crippen molar-refractivity contribution in [3.8, 4) is 0 Å². The van der Waals surface area contributed by atoms with Crippen LogP contribution in [0.15, 0.2) is 64.5 Å². The number of carbonyl (C=O) groups excluding carboxylic acids is 2. The first-order chi connectivity index (χ1) is 15.1. The fraction of sp³-hybridized carbons (Fsp3) is 0.143. The van der Waals surface area contributed by atoms with Crippen molar-refractivity contribution in [2.45, 2.75) is 12.1 Å². The van der Waals surface area contributed by atoms with Crippen molar-refractivity contribution in [1.82, 2.24) is 5.32 Å². The molecule has 2 heterocycles. The fourth-order valence-electron chi connectivity index (χ4n) is 3.44. The van der Waals surface area contributed by atoms with Gasteiger partial charge in [0.1, 0.15) is 6.54 Å². The third kappa shape index (κ3) is 4.11. The van der Waals surface area contributed by atoms with Crippen LogP contribution in [0.5, 0.6) is 0 Å². The maximum Gasteiger partial charge on any atom is 0.418 e. The molecule has 2 aliphatic heterocycles. The number of alkyl halides is 3. The van der Waals surface area contributed by atoms with Crippen molar-refractivity contribution >= 4 is 46.1 Å². The van der Waals surface area contributed by atoms with Crippen LogP contribution < -0.4 is 10.2 Å². The van der Waals surface area contributed by atoms with Crippen molar-refractivity contribution < 1.29 is 32.7 Å². The first-order valence-electron chi connectivity index (χ1n) is 9.23. The van der Waals surface area contributed by atoms with E-state index in [1.54, 1.807) is 24.3 Å². The van der Waals surface area contributed by atoms with E-state index < -0.39 is 42.0 Å². The molecule has 0 bridgehead atoms. The molecule has 32 heavy (non-hydrogen) atoms. The van der Waals surface area contributed by atoms with Gasteiger partial charge in [-0.05, 0) is 41.6 Å². The Morgan fingerprint density at radius 1 is 1.16 bits per heavy atom. The number of anilines is 1. The summed E-state index contributed by atoms with van der Waals surface area (Å²) in [5.74, 6) is -3.21. The molecule has 2 amide bonds. The van der Waals surface area contributed by atoms with Crippen molar-refractivity contribution in [2.75, 3.05) is 11.4 Å². The van der Waals surface area contributed by atoms with E-state index in [-0.39, 0.29) is 15.8 Å². The van der Waals surface area contributed by atoms with Crippen LogP contribution in [0, 0.1) is 0 Å². The van der Waals surface area contributed by atoms with Crippen LogP contribution in [0.4, 0.5) is 24.5 Å². The van der Waals surface area contributed by atoms with Crippen LogP contribution in [0.25, 0.3) is 0 Å². The fourth-order valence-corrected chi connectivity index (χ4v) is 4.29. The quantitative estimate of drug-likeness (QED) is 0.678. The number of aliphatic carboxylic acids is 1. The topological polar surface area (TPSA) is 99.1 Å². The van der Waals surface area contributed by atoms with E-state index in [0.29, 0.717) is 11.3 Å². The highest BCUT2D eigenvalue weighted by Gasteiger charge is 2.39. The van der Waals surface area contributed by atoms with Gasteiger partial charge in [0.2, 0.25) is 5.91 Å². The van der Waals surface area contributed by atoms with E-state index in [2.05, 4.69) is 10.3 Å². The number of carboxylic acid groups (broad SMARTS) is 1. The van der Waals surface area contributed by atoms with Crippen molar-refractivity contribution in [3.63, 3.8) is 0 Å². The van der Waals surface area contributed by atoms with Crippen molar-refractivity contribution in [3.05, 3.63) is 70.6 Å². The smallest absolute Gasteiger partial charge is 0.418 e. The zero-order valence-corrected chi connectivity index (χ0v) is 16.9. The molecule has 2 aromatic carbocycles. The molecule has 0 radical (unpaired) electrons. The highest BCUT2D eigenvalue weighted by atomic mass is 32.2. The van der Waals surface area contributed by atoms with Gasteiger partial charge in [0, 0.05) is 5.69 Å². The highest BCUT2D eigenvalue weighted by Crippen LogP contribution is 2.41. The van der Waals surface area contributed by atoms with E-state index >= 15 is 0 Å². The van der Waals surface area contributed by atoms with Gasteiger partial charge in [-0.2, -0.15) is 13.2 Å². The standard InChI is InChI=1S/C21H14F3N3O4S/c22-21(23,24)13-6-2-3-7-14(13)25-20-26-18(30)16(32-20)9-12-11-5-1-4-8-15(11)27(19(12)31)10-17(28)29/h1-9,12H,10H2,(H,28,29)(H,25,26,30)/b16-9-/t12-/m0/s1. The average molecular weight is 461 g/mol. The monoisotopic (exact) mass is 461 g/mol. The van der Waals surface area contributed by atoms with Gasteiger partial charge in [-0.15, -0.1) is 0 Å². The number of carbonyl (C=O) groups is 3. The Balaban J connectivity index is 1.65. The number of carboxylic acids is 1. The number of thioether (sulfide) groups is 1. The molecule has 2 aliphatic rings. The first-order valence-corrected chi connectivity index (χ1v) is 10.0. The Labute approximate surface area is 183 Å². The molecule has 0 unspecified atom stereocenters. The number of benzene rings is 2. The maximum absolute atomic E-state index is 13.2. The summed E-state index contributed by atoms with van der Waals surface area (Å²) in [6, 6.07) is 11.3. The number of hydrogen-bond donors (Lipinski definition) is 2. The number of hydrogen-bond acceptors (Lipinski definition) is 5. The highest BCUT2D eigenvalue weighted by molar-refractivity contribution is 8.18. The molecule has 1 saturated heterocycles. The Hall–Kier alpha value is -3.60. The first kappa shape index (κ1) is 21.6. The van der Waals surface area contributed by atoms with Gasteiger partial charge in [0.25, 0.3) is 5.91 Å². The maximum atomic E-state index is 13.2. The van der Waals surface area contributed by atoms with E-state index in [0.717, 1.165) is 22.7 Å². The van der Waals surface area contributed by atoms with Gasteiger partial charge >= 0.3 is 12.1 Å². The second kappa shape index (κ2) is 8.15. The molecule has 1 atom stereocenters. The largest absolute Gasteiger partial charge is 0.480 e. The summed E-state index contributed by atoms with van der Waals surface area (Å²) < 4.78 is 39.6. The summed E-state index contributed by atoms with van der Waals surface area (Å²) >= 11 is 0.808. The molecule has 0 aromatic heterocycles. The van der Waals surface area contributed by atoms with Crippen LogP contribution in [-0.2, 0) is 20.6 Å². The van der Waals surface area contributed by atoms with Crippen LogP contribution in [0.1, 0.15) is 17.0 Å². The van der Waals surface area contributed by atoms with Crippen molar-refractivity contribution in [2.24, 2.45) is 4.99 Å². The predicted octanol–water partition coefficient (Wildman–Crippen LogP) is 3.65. The number of aliphatic imine (C=N–C) groups is 1. The van der Waals surface area contributed by atoms with Crippen LogP contribution >= 0.6 is 11.8 Å². The number of amides is 2. The van der Waals surface area contributed by atoms with Gasteiger partial charge in [-0.3, -0.25) is 14.4 Å².